The molecular formula is C16H14BrFO2. The molecule has 0 atom stereocenters. The first-order chi connectivity index (χ1) is 9.54. The molecule has 0 radical (unpaired) electrons. The van der Waals surface area contributed by atoms with Crippen LogP contribution in [0.15, 0.2) is 46.9 Å². The van der Waals surface area contributed by atoms with Gasteiger partial charge in [-0.25, -0.2) is 4.39 Å². The van der Waals surface area contributed by atoms with Crippen LogP contribution in [-0.4, -0.2) is 5.78 Å². The zero-order chi connectivity index (χ0) is 14.5. The van der Waals surface area contributed by atoms with E-state index in [4.69, 9.17) is 4.74 Å². The van der Waals surface area contributed by atoms with E-state index in [9.17, 15) is 9.18 Å². The molecule has 0 bridgehead atoms. The Hall–Kier alpha value is -1.68. The first-order valence-corrected chi connectivity index (χ1v) is 6.99. The summed E-state index contributed by atoms with van der Waals surface area (Å²) in [6, 6.07) is 12.2. The minimum Gasteiger partial charge on any atom is -0.489 e. The van der Waals surface area contributed by atoms with Crippen molar-refractivity contribution in [2.75, 3.05) is 0 Å². The number of hydrogen-bond donors (Lipinski definition) is 0. The zero-order valence-corrected chi connectivity index (χ0v) is 12.6. The minimum absolute atomic E-state index is 0.134. The van der Waals surface area contributed by atoms with Crippen LogP contribution in [0.4, 0.5) is 4.39 Å². The molecular weight excluding hydrogens is 323 g/mol. The van der Waals surface area contributed by atoms with Crippen molar-refractivity contribution in [2.24, 2.45) is 0 Å². The van der Waals surface area contributed by atoms with E-state index < -0.39 is 0 Å². The fraction of sp³-hybridized carbons (Fsp3) is 0.188. The number of carbonyl (C=O) groups excluding carboxylic acids is 1. The van der Waals surface area contributed by atoms with Crippen molar-refractivity contribution in [3.05, 3.63) is 63.9 Å². The highest BCUT2D eigenvalue weighted by Crippen LogP contribution is 2.19. The summed E-state index contributed by atoms with van der Waals surface area (Å²) in [7, 11) is 0. The third kappa shape index (κ3) is 4.17. The first-order valence-electron chi connectivity index (χ1n) is 6.19. The third-order valence-corrected chi connectivity index (χ3v) is 3.37. The van der Waals surface area contributed by atoms with Crippen LogP contribution >= 0.6 is 15.9 Å². The summed E-state index contributed by atoms with van der Waals surface area (Å²) in [4.78, 5) is 11.0. The van der Waals surface area contributed by atoms with E-state index in [1.165, 1.54) is 6.07 Å². The molecule has 20 heavy (non-hydrogen) atoms. The van der Waals surface area contributed by atoms with E-state index in [2.05, 4.69) is 15.9 Å². The molecule has 2 aromatic carbocycles. The van der Waals surface area contributed by atoms with Crippen LogP contribution in [0.5, 0.6) is 5.75 Å². The van der Waals surface area contributed by atoms with E-state index >= 15 is 0 Å². The van der Waals surface area contributed by atoms with Crippen molar-refractivity contribution >= 4 is 21.7 Å². The summed E-state index contributed by atoms with van der Waals surface area (Å²) in [5, 5.41) is 0. The summed E-state index contributed by atoms with van der Waals surface area (Å²) < 4.78 is 19.1. The number of hydrogen-bond acceptors (Lipinski definition) is 2. The van der Waals surface area contributed by atoms with Crippen LogP contribution in [0.25, 0.3) is 0 Å². The van der Waals surface area contributed by atoms with Crippen LogP contribution in [0.3, 0.4) is 0 Å². The van der Waals surface area contributed by atoms with Gasteiger partial charge in [-0.3, -0.25) is 4.79 Å². The van der Waals surface area contributed by atoms with E-state index in [1.54, 1.807) is 19.1 Å². The normalized spacial score (nSPS) is 10.3. The molecule has 0 aliphatic heterocycles. The lowest BCUT2D eigenvalue weighted by molar-refractivity contribution is -0.116. The molecule has 2 aromatic rings. The fourth-order valence-corrected chi connectivity index (χ4v) is 2.21. The summed E-state index contributed by atoms with van der Waals surface area (Å²) in [5.74, 6) is 0.565. The van der Waals surface area contributed by atoms with Gasteiger partial charge in [-0.15, -0.1) is 0 Å². The van der Waals surface area contributed by atoms with Gasteiger partial charge in [0.1, 0.15) is 24.0 Å². The Morgan fingerprint density at radius 1 is 1.15 bits per heavy atom. The van der Waals surface area contributed by atoms with Crippen molar-refractivity contribution in [1.82, 2.24) is 0 Å². The molecule has 0 saturated heterocycles. The second kappa shape index (κ2) is 6.66. The van der Waals surface area contributed by atoms with Crippen LogP contribution < -0.4 is 4.74 Å². The lowest BCUT2D eigenvalue weighted by Crippen LogP contribution is -1.98. The molecule has 0 aliphatic rings. The SMILES string of the molecule is CC(=O)Cc1ccc(OCc2ccc(F)c(Br)c2)cc1. The van der Waals surface area contributed by atoms with Crippen molar-refractivity contribution in [1.29, 1.82) is 0 Å². The van der Waals surface area contributed by atoms with Gasteiger partial charge in [-0.05, 0) is 58.2 Å². The minimum atomic E-state index is -0.290. The van der Waals surface area contributed by atoms with Gasteiger partial charge in [0.2, 0.25) is 0 Å². The molecule has 0 fully saturated rings. The van der Waals surface area contributed by atoms with Gasteiger partial charge < -0.3 is 4.74 Å². The highest BCUT2D eigenvalue weighted by Gasteiger charge is 2.02. The van der Waals surface area contributed by atoms with Gasteiger partial charge in [0.25, 0.3) is 0 Å². The van der Waals surface area contributed by atoms with E-state index in [1.807, 2.05) is 24.3 Å². The largest absolute Gasteiger partial charge is 0.489 e. The smallest absolute Gasteiger partial charge is 0.137 e. The predicted octanol–water partition coefficient (Wildman–Crippen LogP) is 4.30. The second-order valence-electron chi connectivity index (χ2n) is 4.56. The maximum atomic E-state index is 13.1. The van der Waals surface area contributed by atoms with Gasteiger partial charge >= 0.3 is 0 Å². The molecule has 0 amide bonds. The summed E-state index contributed by atoms with van der Waals surface area (Å²) in [6.07, 6.45) is 0.436. The van der Waals surface area contributed by atoms with Gasteiger partial charge in [0.15, 0.2) is 0 Å². The Morgan fingerprint density at radius 3 is 2.40 bits per heavy atom. The number of ether oxygens (including phenoxy) is 1. The van der Waals surface area contributed by atoms with Crippen LogP contribution in [-0.2, 0) is 17.8 Å². The van der Waals surface area contributed by atoms with Crippen molar-refractivity contribution in [2.45, 2.75) is 20.0 Å². The quantitative estimate of drug-likeness (QED) is 0.813. The summed E-state index contributed by atoms with van der Waals surface area (Å²) in [6.45, 7) is 1.93. The van der Waals surface area contributed by atoms with Gasteiger partial charge in [-0.1, -0.05) is 18.2 Å². The first kappa shape index (κ1) is 14.7. The number of Topliss-reactive ketones (excluding diaryl/α,β-unsaturated/α-hetero) is 1. The Bertz CT molecular complexity index is 608. The molecule has 0 aliphatic carbocycles. The van der Waals surface area contributed by atoms with Crippen LogP contribution in [0.1, 0.15) is 18.1 Å². The van der Waals surface area contributed by atoms with Gasteiger partial charge in [0.05, 0.1) is 4.47 Å². The highest BCUT2D eigenvalue weighted by atomic mass is 79.9. The maximum Gasteiger partial charge on any atom is 0.137 e. The number of ketones is 1. The molecule has 0 N–H and O–H groups in total. The van der Waals surface area contributed by atoms with Crippen molar-refractivity contribution < 1.29 is 13.9 Å². The number of halogens is 2. The average molecular weight is 337 g/mol. The molecule has 4 heteroatoms. The Labute approximate surface area is 125 Å². The Morgan fingerprint density at radius 2 is 1.80 bits per heavy atom. The van der Waals surface area contributed by atoms with Gasteiger partial charge in [0, 0.05) is 6.42 Å². The average Bonchev–Trinajstić information content (AvgIpc) is 2.41. The molecule has 0 unspecified atom stereocenters. The highest BCUT2D eigenvalue weighted by molar-refractivity contribution is 9.10. The second-order valence-corrected chi connectivity index (χ2v) is 5.41. The summed E-state index contributed by atoms with van der Waals surface area (Å²) in [5.41, 5.74) is 1.85. The lowest BCUT2D eigenvalue weighted by Gasteiger charge is -2.07. The van der Waals surface area contributed by atoms with E-state index in [-0.39, 0.29) is 11.6 Å². The maximum absolute atomic E-state index is 13.1. The van der Waals surface area contributed by atoms with Crippen LogP contribution in [0, 0.1) is 5.82 Å². The van der Waals surface area contributed by atoms with Crippen molar-refractivity contribution in [3.63, 3.8) is 0 Å². The third-order valence-electron chi connectivity index (χ3n) is 2.77. The zero-order valence-electron chi connectivity index (χ0n) is 11.0. The van der Waals surface area contributed by atoms with Crippen molar-refractivity contribution in [3.8, 4) is 5.75 Å². The molecule has 0 heterocycles. The molecule has 0 aromatic heterocycles. The van der Waals surface area contributed by atoms with E-state index in [0.29, 0.717) is 17.5 Å². The number of rotatable bonds is 5. The lowest BCUT2D eigenvalue weighted by atomic mass is 10.1. The monoisotopic (exact) mass is 336 g/mol. The van der Waals surface area contributed by atoms with Crippen LogP contribution in [0.2, 0.25) is 0 Å². The fourth-order valence-electron chi connectivity index (χ4n) is 1.79. The number of benzene rings is 2. The Balaban J connectivity index is 1.96. The predicted molar refractivity (Wildman–Crippen MR) is 79.3 cm³/mol. The Kier molecular flexibility index (Phi) is 4.90. The molecule has 104 valence electrons. The molecule has 0 saturated carbocycles. The van der Waals surface area contributed by atoms with Gasteiger partial charge in [-0.2, -0.15) is 0 Å². The standard InChI is InChI=1S/C16H14BrFO2/c1-11(19)8-12-2-5-14(6-3-12)20-10-13-4-7-16(18)15(17)9-13/h2-7,9H,8,10H2,1H3. The number of carbonyl (C=O) groups is 1. The topological polar surface area (TPSA) is 26.3 Å². The summed E-state index contributed by atoms with van der Waals surface area (Å²) >= 11 is 3.14. The molecule has 2 rings (SSSR count). The van der Waals surface area contributed by atoms with E-state index in [0.717, 1.165) is 16.9 Å². The molecule has 2 nitrogen and oxygen atoms in total. The molecule has 0 spiro atoms.